The maximum absolute atomic E-state index is 11.9. The van der Waals surface area contributed by atoms with Crippen molar-refractivity contribution < 1.29 is 9.53 Å². The number of hydrogen-bond donors (Lipinski definition) is 1. The first kappa shape index (κ1) is 13.8. The first-order chi connectivity index (χ1) is 9.10. The number of nitrogens with zero attached hydrogens (tertiary/aromatic N) is 2. The van der Waals surface area contributed by atoms with Crippen LogP contribution in [0.1, 0.15) is 24.9 Å². The molecule has 0 radical (unpaired) electrons. The fraction of sp³-hybridized carbons (Fsp3) is 0.571. The molecule has 1 N–H and O–H groups in total. The molecule has 1 aromatic rings. The number of carbonyl (C=O) groups excluding carboxylic acids is 1. The van der Waals surface area contributed by atoms with Gasteiger partial charge < -0.3 is 14.6 Å². The van der Waals surface area contributed by atoms with E-state index in [9.17, 15) is 4.79 Å². The van der Waals surface area contributed by atoms with Gasteiger partial charge in [0.2, 0.25) is 5.91 Å². The predicted octanol–water partition coefficient (Wildman–Crippen LogP) is 1.21. The summed E-state index contributed by atoms with van der Waals surface area (Å²) in [6, 6.07) is 0.156. The van der Waals surface area contributed by atoms with Gasteiger partial charge >= 0.3 is 0 Å². The fourth-order valence-electron chi connectivity index (χ4n) is 2.31. The zero-order valence-corrected chi connectivity index (χ0v) is 11.6. The molecule has 5 heteroatoms. The number of ether oxygens (including phenoxy) is 1. The second kappa shape index (κ2) is 6.02. The van der Waals surface area contributed by atoms with Gasteiger partial charge in [-0.2, -0.15) is 0 Å². The molecule has 0 saturated heterocycles. The van der Waals surface area contributed by atoms with E-state index < -0.39 is 6.10 Å². The van der Waals surface area contributed by atoms with Crippen molar-refractivity contribution in [1.29, 1.82) is 0 Å². The summed E-state index contributed by atoms with van der Waals surface area (Å²) in [5.41, 5.74) is 1.03. The average molecular weight is 263 g/mol. The maximum atomic E-state index is 11.9. The number of carbonyl (C=O) groups is 1. The van der Waals surface area contributed by atoms with Gasteiger partial charge in [-0.15, -0.1) is 6.58 Å². The first-order valence-electron chi connectivity index (χ1n) is 6.65. The Balaban J connectivity index is 1.87. The van der Waals surface area contributed by atoms with E-state index in [1.807, 2.05) is 13.1 Å². The molecule has 0 aliphatic carbocycles. The number of rotatable bonds is 5. The molecule has 0 bridgehead atoms. The Morgan fingerprint density at radius 2 is 2.58 bits per heavy atom. The molecule has 0 saturated carbocycles. The highest BCUT2D eigenvalue weighted by Gasteiger charge is 2.23. The molecule has 104 valence electrons. The predicted molar refractivity (Wildman–Crippen MR) is 72.8 cm³/mol. The molecule has 0 aromatic carbocycles. The van der Waals surface area contributed by atoms with Crippen molar-refractivity contribution in [2.45, 2.75) is 45.4 Å². The number of imidazole rings is 1. The Kier molecular flexibility index (Phi) is 4.37. The van der Waals surface area contributed by atoms with Gasteiger partial charge in [0, 0.05) is 25.2 Å². The van der Waals surface area contributed by atoms with E-state index in [-0.39, 0.29) is 11.9 Å². The Hall–Kier alpha value is -1.62. The molecule has 0 unspecified atom stereocenters. The van der Waals surface area contributed by atoms with Crippen LogP contribution in [0.4, 0.5) is 0 Å². The molecule has 0 fully saturated rings. The smallest absolute Gasteiger partial charge is 0.249 e. The van der Waals surface area contributed by atoms with E-state index in [1.54, 1.807) is 13.0 Å². The second-order valence-electron chi connectivity index (χ2n) is 4.96. The van der Waals surface area contributed by atoms with Gasteiger partial charge in [-0.05, 0) is 20.3 Å². The van der Waals surface area contributed by atoms with Crippen LogP contribution in [0.3, 0.4) is 0 Å². The molecule has 1 aromatic heterocycles. The quantitative estimate of drug-likeness (QED) is 0.813. The van der Waals surface area contributed by atoms with Crippen LogP contribution in [0.5, 0.6) is 0 Å². The van der Waals surface area contributed by atoms with Gasteiger partial charge in [-0.25, -0.2) is 4.98 Å². The molecular formula is C14H21N3O2. The third-order valence-corrected chi connectivity index (χ3v) is 3.29. The zero-order chi connectivity index (χ0) is 13.8. The van der Waals surface area contributed by atoms with Crippen LogP contribution in [-0.2, 0) is 22.5 Å². The minimum atomic E-state index is -0.441. The van der Waals surface area contributed by atoms with Gasteiger partial charge in [0.05, 0.1) is 12.3 Å². The summed E-state index contributed by atoms with van der Waals surface area (Å²) in [4.78, 5) is 16.4. The van der Waals surface area contributed by atoms with Crippen LogP contribution in [0.15, 0.2) is 18.9 Å². The van der Waals surface area contributed by atoms with E-state index in [0.717, 1.165) is 30.9 Å². The Bertz CT molecular complexity index is 467. The molecule has 19 heavy (non-hydrogen) atoms. The summed E-state index contributed by atoms with van der Waals surface area (Å²) < 4.78 is 7.44. The van der Waals surface area contributed by atoms with Crippen molar-refractivity contribution >= 4 is 5.91 Å². The fourth-order valence-corrected chi connectivity index (χ4v) is 2.31. The molecule has 2 heterocycles. The summed E-state index contributed by atoms with van der Waals surface area (Å²) in [5.74, 6) is 1.05. The van der Waals surface area contributed by atoms with Gasteiger partial charge in [0.1, 0.15) is 11.9 Å². The summed E-state index contributed by atoms with van der Waals surface area (Å²) in [6.45, 7) is 8.50. The number of aromatic nitrogens is 2. The zero-order valence-electron chi connectivity index (χ0n) is 11.6. The van der Waals surface area contributed by atoms with Crippen LogP contribution >= 0.6 is 0 Å². The third kappa shape index (κ3) is 3.44. The van der Waals surface area contributed by atoms with Gasteiger partial charge in [-0.1, -0.05) is 6.08 Å². The van der Waals surface area contributed by atoms with Crippen LogP contribution in [-0.4, -0.2) is 34.2 Å². The highest BCUT2D eigenvalue weighted by Crippen LogP contribution is 2.15. The van der Waals surface area contributed by atoms with Crippen molar-refractivity contribution in [1.82, 2.24) is 14.9 Å². The van der Waals surface area contributed by atoms with Crippen LogP contribution < -0.4 is 5.32 Å². The van der Waals surface area contributed by atoms with Crippen LogP contribution in [0.2, 0.25) is 0 Å². The van der Waals surface area contributed by atoms with E-state index >= 15 is 0 Å². The van der Waals surface area contributed by atoms with Crippen molar-refractivity contribution in [3.05, 3.63) is 30.4 Å². The third-order valence-electron chi connectivity index (χ3n) is 3.29. The lowest BCUT2D eigenvalue weighted by atomic mass is 10.1. The topological polar surface area (TPSA) is 56.1 Å². The molecule has 1 aliphatic rings. The molecule has 2 atom stereocenters. The standard InChI is InChI=1S/C14H21N3O2/c1-4-7-19-11(3)14(18)16-12-5-6-13-15-10(2)8-17(13)9-12/h4,8,11-12H,1,5-7,9H2,2-3H3,(H,16,18)/t11-,12-/m0/s1. The van der Waals surface area contributed by atoms with E-state index in [1.165, 1.54) is 0 Å². The second-order valence-corrected chi connectivity index (χ2v) is 4.96. The van der Waals surface area contributed by atoms with Crippen LogP contribution in [0, 0.1) is 6.92 Å². The minimum Gasteiger partial charge on any atom is -0.365 e. The van der Waals surface area contributed by atoms with Crippen LogP contribution in [0.25, 0.3) is 0 Å². The largest absolute Gasteiger partial charge is 0.365 e. The molecule has 1 amide bonds. The van der Waals surface area contributed by atoms with Crippen molar-refractivity contribution in [2.75, 3.05) is 6.61 Å². The Morgan fingerprint density at radius 1 is 1.79 bits per heavy atom. The van der Waals surface area contributed by atoms with Crippen molar-refractivity contribution in [3.63, 3.8) is 0 Å². The monoisotopic (exact) mass is 263 g/mol. The van der Waals surface area contributed by atoms with Gasteiger partial charge in [0.25, 0.3) is 0 Å². The Morgan fingerprint density at radius 3 is 3.32 bits per heavy atom. The number of nitrogens with one attached hydrogen (secondary N) is 1. The number of fused-ring (bicyclic) bond motifs is 1. The minimum absolute atomic E-state index is 0.0628. The lowest BCUT2D eigenvalue weighted by Crippen LogP contribution is -2.45. The average Bonchev–Trinajstić information content (AvgIpc) is 2.75. The SMILES string of the molecule is C=CCO[C@@H](C)C(=O)N[C@H]1CCc2nc(C)cn2C1. The lowest BCUT2D eigenvalue weighted by molar-refractivity contribution is -0.132. The van der Waals surface area contributed by atoms with E-state index in [0.29, 0.717) is 6.61 Å². The molecule has 2 rings (SSSR count). The highest BCUT2D eigenvalue weighted by atomic mass is 16.5. The van der Waals surface area contributed by atoms with Crippen molar-refractivity contribution in [3.8, 4) is 0 Å². The highest BCUT2D eigenvalue weighted by molar-refractivity contribution is 5.80. The molecular weight excluding hydrogens is 242 g/mol. The van der Waals surface area contributed by atoms with Crippen molar-refractivity contribution in [2.24, 2.45) is 0 Å². The maximum Gasteiger partial charge on any atom is 0.249 e. The van der Waals surface area contributed by atoms with E-state index in [2.05, 4.69) is 21.4 Å². The molecule has 1 aliphatic heterocycles. The number of amides is 1. The summed E-state index contributed by atoms with van der Waals surface area (Å²) in [7, 11) is 0. The molecule has 5 nitrogen and oxygen atoms in total. The normalized spacial score (nSPS) is 19.6. The lowest BCUT2D eigenvalue weighted by Gasteiger charge is -2.25. The molecule has 0 spiro atoms. The Labute approximate surface area is 113 Å². The first-order valence-corrected chi connectivity index (χ1v) is 6.65. The van der Waals surface area contributed by atoms with Gasteiger partial charge in [-0.3, -0.25) is 4.79 Å². The summed E-state index contributed by atoms with van der Waals surface area (Å²) in [5, 5.41) is 3.03. The summed E-state index contributed by atoms with van der Waals surface area (Å²) >= 11 is 0. The summed E-state index contributed by atoms with van der Waals surface area (Å²) in [6.07, 6.45) is 5.07. The van der Waals surface area contributed by atoms with E-state index in [4.69, 9.17) is 4.74 Å². The number of hydrogen-bond acceptors (Lipinski definition) is 3. The van der Waals surface area contributed by atoms with Gasteiger partial charge in [0.15, 0.2) is 0 Å². The number of aryl methyl sites for hydroxylation is 2.